The lowest BCUT2D eigenvalue weighted by molar-refractivity contribution is 0.603. The molecule has 2 nitrogen and oxygen atoms in total. The van der Waals surface area contributed by atoms with Gasteiger partial charge in [-0.2, -0.15) is 0 Å². The third-order valence-electron chi connectivity index (χ3n) is 2.83. The van der Waals surface area contributed by atoms with E-state index in [0.29, 0.717) is 20.2 Å². The fraction of sp³-hybridized carbons (Fsp3) is 0.0769. The van der Waals surface area contributed by atoms with Gasteiger partial charge in [0, 0.05) is 10.4 Å². The first-order valence-corrected chi connectivity index (χ1v) is 6.62. The predicted octanol–water partition coefficient (Wildman–Crippen LogP) is 4.60. The van der Waals surface area contributed by atoms with Crippen LogP contribution in [0.1, 0.15) is 5.56 Å². The molecule has 6 heteroatoms. The number of hydrogen-bond donors (Lipinski definition) is 0. The van der Waals surface area contributed by atoms with Gasteiger partial charge in [-0.25, -0.2) is 18.7 Å². The molecule has 0 unspecified atom stereocenters. The van der Waals surface area contributed by atoms with E-state index in [-0.39, 0.29) is 5.56 Å². The van der Waals surface area contributed by atoms with E-state index in [1.807, 2.05) is 6.92 Å². The Balaban J connectivity index is 2.34. The molecule has 2 aromatic heterocycles. The Morgan fingerprint density at radius 1 is 1.21 bits per heavy atom. The number of nitrogens with zero attached hydrogens (tertiary/aromatic N) is 2. The van der Waals surface area contributed by atoms with Crippen molar-refractivity contribution in [2.24, 2.45) is 0 Å². The molecule has 0 N–H and O–H groups in total. The Hall–Kier alpha value is -1.59. The van der Waals surface area contributed by atoms with Crippen molar-refractivity contribution in [2.75, 3.05) is 0 Å². The summed E-state index contributed by atoms with van der Waals surface area (Å²) in [4.78, 5) is 8.65. The Bertz CT molecular complexity index is 786. The summed E-state index contributed by atoms with van der Waals surface area (Å²) in [5, 5.41) is 0.321. The van der Waals surface area contributed by atoms with Gasteiger partial charge in [0.15, 0.2) is 0 Å². The molecule has 0 radical (unpaired) electrons. The maximum Gasteiger partial charge on any atom is 0.150 e. The topological polar surface area (TPSA) is 25.8 Å². The minimum atomic E-state index is -0.481. The van der Waals surface area contributed by atoms with E-state index in [2.05, 4.69) is 9.97 Å². The summed E-state index contributed by atoms with van der Waals surface area (Å²) in [6.07, 6.45) is 1.36. The van der Waals surface area contributed by atoms with E-state index in [9.17, 15) is 8.78 Å². The number of aromatic nitrogens is 2. The van der Waals surface area contributed by atoms with Crippen LogP contribution in [0.4, 0.5) is 8.78 Å². The molecule has 0 saturated carbocycles. The van der Waals surface area contributed by atoms with Gasteiger partial charge in [0.05, 0.1) is 10.2 Å². The van der Waals surface area contributed by atoms with Crippen molar-refractivity contribution < 1.29 is 8.78 Å². The molecule has 0 aliphatic carbocycles. The molecule has 1 aromatic carbocycles. The van der Waals surface area contributed by atoms with Crippen LogP contribution in [0.25, 0.3) is 20.7 Å². The highest BCUT2D eigenvalue weighted by Crippen LogP contribution is 2.40. The molecule has 19 heavy (non-hydrogen) atoms. The zero-order chi connectivity index (χ0) is 13.6. The van der Waals surface area contributed by atoms with Crippen molar-refractivity contribution in [2.45, 2.75) is 6.92 Å². The third kappa shape index (κ3) is 1.99. The van der Waals surface area contributed by atoms with Crippen LogP contribution < -0.4 is 0 Å². The van der Waals surface area contributed by atoms with Gasteiger partial charge >= 0.3 is 0 Å². The van der Waals surface area contributed by atoms with E-state index in [1.165, 1.54) is 23.7 Å². The highest BCUT2D eigenvalue weighted by molar-refractivity contribution is 7.23. The van der Waals surface area contributed by atoms with E-state index >= 15 is 0 Å². The van der Waals surface area contributed by atoms with Gasteiger partial charge in [-0.3, -0.25) is 0 Å². The number of halogens is 3. The van der Waals surface area contributed by atoms with Crippen LogP contribution in [0.3, 0.4) is 0 Å². The van der Waals surface area contributed by atoms with Crippen LogP contribution in [0, 0.1) is 18.6 Å². The molecule has 3 aromatic rings. The lowest BCUT2D eigenvalue weighted by Gasteiger charge is -2.01. The van der Waals surface area contributed by atoms with Crippen molar-refractivity contribution in [3.63, 3.8) is 0 Å². The number of fused-ring (bicyclic) bond motifs is 1. The zero-order valence-corrected chi connectivity index (χ0v) is 11.3. The summed E-state index contributed by atoms with van der Waals surface area (Å²) in [6, 6.07) is 3.38. The van der Waals surface area contributed by atoms with Crippen molar-refractivity contribution in [1.82, 2.24) is 9.97 Å². The molecule has 96 valence electrons. The van der Waals surface area contributed by atoms with Gasteiger partial charge in [0.25, 0.3) is 0 Å². The van der Waals surface area contributed by atoms with Crippen molar-refractivity contribution in [1.29, 1.82) is 0 Å². The molecule has 0 spiro atoms. The lowest BCUT2D eigenvalue weighted by Crippen LogP contribution is -1.86. The molecule has 0 atom stereocenters. The maximum atomic E-state index is 13.8. The van der Waals surface area contributed by atoms with E-state index < -0.39 is 11.6 Å². The number of benzene rings is 1. The average Bonchev–Trinajstić information content (AvgIpc) is 2.72. The SMILES string of the molecule is Cc1c(-c2cc(F)ccc2F)sc2c(Cl)ncnc12. The van der Waals surface area contributed by atoms with Gasteiger partial charge in [-0.15, -0.1) is 11.3 Å². The molecular weight excluding hydrogens is 290 g/mol. The first-order chi connectivity index (χ1) is 9.08. The molecule has 0 aliphatic rings. The average molecular weight is 297 g/mol. The normalized spacial score (nSPS) is 11.2. The van der Waals surface area contributed by atoms with Crippen molar-refractivity contribution in [3.8, 4) is 10.4 Å². The van der Waals surface area contributed by atoms with Gasteiger partial charge < -0.3 is 0 Å². The summed E-state index contributed by atoms with van der Waals surface area (Å²) >= 11 is 7.26. The number of rotatable bonds is 1. The summed E-state index contributed by atoms with van der Waals surface area (Å²) in [7, 11) is 0. The lowest BCUT2D eigenvalue weighted by atomic mass is 10.1. The molecule has 3 rings (SSSR count). The highest BCUT2D eigenvalue weighted by atomic mass is 35.5. The first kappa shape index (κ1) is 12.4. The van der Waals surface area contributed by atoms with Crippen LogP contribution >= 0.6 is 22.9 Å². The summed E-state index contributed by atoms with van der Waals surface area (Å²) in [6.45, 7) is 1.81. The standard InChI is InChI=1S/C13H7ClF2N2S/c1-6-10-12(13(14)18-5-17-10)19-11(6)8-4-7(15)2-3-9(8)16/h2-5H,1H3. The monoisotopic (exact) mass is 296 g/mol. The molecular formula is C13H7ClF2N2S. The van der Waals surface area contributed by atoms with Crippen LogP contribution in [0.5, 0.6) is 0 Å². The second kappa shape index (κ2) is 4.51. The Morgan fingerprint density at radius 2 is 2.00 bits per heavy atom. The third-order valence-corrected chi connectivity index (χ3v) is 4.55. The van der Waals surface area contributed by atoms with E-state index in [4.69, 9.17) is 11.6 Å². The molecule has 0 aliphatic heterocycles. The Morgan fingerprint density at radius 3 is 2.74 bits per heavy atom. The Kier molecular flexibility index (Phi) is 2.95. The Labute approximate surface area is 116 Å². The van der Waals surface area contributed by atoms with Crippen LogP contribution in [0.2, 0.25) is 5.15 Å². The van der Waals surface area contributed by atoms with Gasteiger partial charge in [0.2, 0.25) is 0 Å². The van der Waals surface area contributed by atoms with Crippen LogP contribution in [-0.4, -0.2) is 9.97 Å². The second-order valence-corrected chi connectivity index (χ2v) is 5.40. The molecule has 0 saturated heterocycles. The fourth-order valence-electron chi connectivity index (χ4n) is 1.92. The molecule has 0 bridgehead atoms. The minimum Gasteiger partial charge on any atom is -0.235 e. The summed E-state index contributed by atoms with van der Waals surface area (Å²) < 4.78 is 27.8. The van der Waals surface area contributed by atoms with Gasteiger partial charge in [0.1, 0.15) is 23.1 Å². The summed E-state index contributed by atoms with van der Waals surface area (Å²) in [5.41, 5.74) is 1.66. The van der Waals surface area contributed by atoms with Crippen molar-refractivity contribution >= 4 is 33.2 Å². The largest absolute Gasteiger partial charge is 0.235 e. The van der Waals surface area contributed by atoms with Crippen LogP contribution in [0.15, 0.2) is 24.5 Å². The quantitative estimate of drug-likeness (QED) is 0.613. The highest BCUT2D eigenvalue weighted by Gasteiger charge is 2.17. The minimum absolute atomic E-state index is 0.219. The van der Waals surface area contributed by atoms with E-state index in [0.717, 1.165) is 17.7 Å². The van der Waals surface area contributed by atoms with E-state index in [1.54, 1.807) is 0 Å². The smallest absolute Gasteiger partial charge is 0.150 e. The van der Waals surface area contributed by atoms with Crippen LogP contribution in [-0.2, 0) is 0 Å². The molecule has 2 heterocycles. The molecule has 0 fully saturated rings. The first-order valence-electron chi connectivity index (χ1n) is 5.43. The zero-order valence-electron chi connectivity index (χ0n) is 9.75. The maximum absolute atomic E-state index is 13.8. The molecule has 0 amide bonds. The summed E-state index contributed by atoms with van der Waals surface area (Å²) in [5.74, 6) is -0.953. The fourth-order valence-corrected chi connectivity index (χ4v) is 3.33. The van der Waals surface area contributed by atoms with Gasteiger partial charge in [-0.1, -0.05) is 11.6 Å². The predicted molar refractivity (Wildman–Crippen MR) is 72.5 cm³/mol. The number of hydrogen-bond acceptors (Lipinski definition) is 3. The van der Waals surface area contributed by atoms with Gasteiger partial charge in [-0.05, 0) is 30.7 Å². The number of thiophene rings is 1. The van der Waals surface area contributed by atoms with Crippen molar-refractivity contribution in [3.05, 3.63) is 46.9 Å². The number of aryl methyl sites for hydroxylation is 1. The second-order valence-electron chi connectivity index (χ2n) is 4.02.